The number of hydroxylamine groups is 4. The number of piperidine rings is 2. The first-order valence-corrected chi connectivity index (χ1v) is 49.0. The maximum Gasteiger partial charge on any atom is 0.407 e. The minimum absolute atomic E-state index is 0.00670. The fourth-order valence-electron chi connectivity index (χ4n) is 19.2. The van der Waals surface area contributed by atoms with Gasteiger partial charge in [-0.3, -0.25) is 42.6 Å². The van der Waals surface area contributed by atoms with Crippen LogP contribution in [0.4, 0.5) is 14.4 Å². The van der Waals surface area contributed by atoms with E-state index in [0.29, 0.717) is 121 Å². The monoisotopic (exact) mass is 1830 g/mol. The van der Waals surface area contributed by atoms with E-state index in [1.165, 1.54) is 10.1 Å². The van der Waals surface area contributed by atoms with Gasteiger partial charge in [-0.1, -0.05) is 185 Å². The lowest BCUT2D eigenvalue weighted by atomic mass is 9.73. The summed E-state index contributed by atoms with van der Waals surface area (Å²) in [4.78, 5) is 154. The normalized spacial score (nSPS) is 20.3. The topological polar surface area (TPSA) is 367 Å². The third-order valence-electron chi connectivity index (χ3n) is 25.6. The molecule has 8 N–H and O–H groups in total. The van der Waals surface area contributed by atoms with Gasteiger partial charge in [0.1, 0.15) is 25.9 Å². The molecule has 5 aliphatic rings. The van der Waals surface area contributed by atoms with E-state index in [1.54, 1.807) is 22.0 Å². The van der Waals surface area contributed by atoms with Crippen molar-refractivity contribution in [3.05, 3.63) is 132 Å². The molecule has 0 radical (unpaired) electrons. The van der Waals surface area contributed by atoms with Crippen molar-refractivity contribution in [2.75, 3.05) is 57.5 Å². The average Bonchev–Trinajstić information content (AvgIpc) is 0.959. The van der Waals surface area contributed by atoms with Crippen LogP contribution in [0.5, 0.6) is 0 Å². The van der Waals surface area contributed by atoms with Gasteiger partial charge in [0, 0.05) is 114 Å². The number of hydrogen-bond acceptors (Lipinski definition) is 20. The summed E-state index contributed by atoms with van der Waals surface area (Å²) >= 11 is 0. The Morgan fingerprint density at radius 2 is 1.00 bits per heavy atom. The minimum atomic E-state index is -1.14. The first-order chi connectivity index (χ1) is 61.2. The van der Waals surface area contributed by atoms with Crippen molar-refractivity contribution < 1.29 is 86.3 Å². The van der Waals surface area contributed by atoms with Crippen LogP contribution in [0.25, 0.3) is 0 Å². The highest BCUT2D eigenvalue weighted by Gasteiger charge is 2.49. The first kappa shape index (κ1) is 108. The van der Waals surface area contributed by atoms with Gasteiger partial charge in [0.05, 0.1) is 49.1 Å². The number of nitrogens with one attached hydrogen (secondary N) is 6. The zero-order valence-corrected chi connectivity index (χ0v) is 81.8. The summed E-state index contributed by atoms with van der Waals surface area (Å²) in [6.07, 6.45) is 13.7. The number of hydrogen-bond donors (Lipinski definition) is 8. The summed E-state index contributed by atoms with van der Waals surface area (Å²) in [5, 5.41) is 41.9. The van der Waals surface area contributed by atoms with Gasteiger partial charge in [-0.2, -0.15) is 10.1 Å². The Bertz CT molecular complexity index is 4200. The number of allylic oxidation sites excluding steroid dienone is 1. The van der Waals surface area contributed by atoms with Crippen molar-refractivity contribution in [1.82, 2.24) is 51.8 Å². The molecule has 28 nitrogen and oxygen atoms in total. The van der Waals surface area contributed by atoms with E-state index in [1.807, 2.05) is 201 Å². The number of ketones is 3. The van der Waals surface area contributed by atoms with Gasteiger partial charge in [0.25, 0.3) is 0 Å². The summed E-state index contributed by atoms with van der Waals surface area (Å²) in [5.74, 6) is -2.67. The lowest BCUT2D eigenvalue weighted by molar-refractivity contribution is -0.251. The minimum Gasteiger partial charge on any atom is -0.449 e. The third-order valence-corrected chi connectivity index (χ3v) is 27.2. The first-order valence-electron chi connectivity index (χ1n) is 47.5. The second-order valence-electron chi connectivity index (χ2n) is 41.3. The molecule has 5 saturated heterocycles. The lowest BCUT2D eigenvalue weighted by Gasteiger charge is -2.51. The fraction of sp³-hybridized carbons (Fsp3) is 0.673. The van der Waals surface area contributed by atoms with Crippen molar-refractivity contribution in [1.29, 1.82) is 0 Å². The van der Waals surface area contributed by atoms with Crippen LogP contribution < -0.4 is 31.9 Å². The van der Waals surface area contributed by atoms with Crippen molar-refractivity contribution in [2.45, 2.75) is 318 Å². The molecule has 8 rings (SSSR count). The van der Waals surface area contributed by atoms with Gasteiger partial charge >= 0.3 is 18.3 Å². The maximum atomic E-state index is 14.4. The molecule has 0 aromatic heterocycles. The number of likely N-dealkylation sites (tertiary alicyclic amines) is 2. The van der Waals surface area contributed by atoms with Crippen LogP contribution in [0.3, 0.4) is 0 Å². The molecule has 0 bridgehead atoms. The molecule has 724 valence electrons. The Hall–Kier alpha value is -8.74. The molecule has 0 aliphatic carbocycles. The summed E-state index contributed by atoms with van der Waals surface area (Å²) in [6, 6.07) is 24.8. The van der Waals surface area contributed by atoms with Gasteiger partial charge in [-0.15, -0.1) is 0 Å². The predicted molar refractivity (Wildman–Crippen MR) is 504 cm³/mol. The highest BCUT2D eigenvalue weighted by Crippen LogP contribution is 2.42. The van der Waals surface area contributed by atoms with Crippen LogP contribution in [0.15, 0.2) is 115 Å². The molecular formula is C101H156N10O18S. The Labute approximate surface area is 776 Å². The van der Waals surface area contributed by atoms with Crippen LogP contribution in [0, 0.1) is 58.7 Å². The van der Waals surface area contributed by atoms with Crippen LogP contribution in [-0.2, 0) is 87.7 Å². The molecule has 0 saturated carbocycles. The van der Waals surface area contributed by atoms with Crippen LogP contribution in [0.2, 0.25) is 0 Å². The second-order valence-corrected chi connectivity index (χ2v) is 42.9. The standard InChI is InChI=1S/C51H76N4O7.C50H80N6O11S/c1-35(2)28-37(5)24-25-41(29-38-18-12-10-13-19-38)48(59)54-27-17-23-44(54)46(57)31-42(36(3)4)47(58)53-43(22-16-26-52-49(60)62-34-39-20-14-11-15-21-39)45(56)30-40-32-50(6,7)55(61)51(8,9)33-40;1-34(2)26-37(53-47(62)66-24-25-68(64)33-50(9)31-65-32-50)18-13-21-43(58)55-23-15-20-41(55)42(57)27-39(35(3)4)44(59)54-40(19-14-22-51-46(61)67-30-36-16-11-10-12-17-36)45(60)52-38-28-48(5,6)56(63)49(7,8)29-38/h10-15,18-21,24-25,35-37,40-44,61H,16-17,22-23,26-34H2,1-9H3,(H,52,60)(H,53,58);10-13,16-18,34-35,37-41,63H,14-15,19-33H2,1-9H3,(H,51,61)(H,52,60)(H,53,62)(H,54,59)/b25-24+;18-13+/t37-,41-,42-,43+,44+;37-,39+,40+,41+,68?/m11/s1. The van der Waals surface area contributed by atoms with Crippen LogP contribution in [-0.4, -0.2) is 216 Å². The quantitative estimate of drug-likeness (QED) is 0.0148. The van der Waals surface area contributed by atoms with E-state index in [9.17, 15) is 67.4 Å². The number of amides is 8. The number of ether oxygens (including phenoxy) is 4. The van der Waals surface area contributed by atoms with Gasteiger partial charge in [0.15, 0.2) is 17.3 Å². The highest BCUT2D eigenvalue weighted by atomic mass is 32.2. The van der Waals surface area contributed by atoms with E-state index in [-0.39, 0.29) is 147 Å². The van der Waals surface area contributed by atoms with Crippen molar-refractivity contribution in [3.8, 4) is 0 Å². The van der Waals surface area contributed by atoms with Crippen LogP contribution >= 0.6 is 0 Å². The fourth-order valence-corrected chi connectivity index (χ4v) is 20.5. The number of benzene rings is 3. The molecule has 10 atom stereocenters. The van der Waals surface area contributed by atoms with E-state index in [2.05, 4.69) is 58.7 Å². The Balaban J connectivity index is 0.000000357. The zero-order chi connectivity index (χ0) is 95.8. The highest BCUT2D eigenvalue weighted by molar-refractivity contribution is 7.85. The zero-order valence-electron chi connectivity index (χ0n) is 81.0. The molecule has 5 aliphatic heterocycles. The number of carbonyl (C=O) groups excluding carboxylic acids is 11. The molecule has 8 amide bonds. The molecule has 3 aromatic rings. The van der Waals surface area contributed by atoms with E-state index >= 15 is 0 Å². The molecule has 5 heterocycles. The van der Waals surface area contributed by atoms with E-state index < -0.39 is 111 Å². The van der Waals surface area contributed by atoms with Gasteiger partial charge in [0.2, 0.25) is 29.5 Å². The Kier molecular flexibility index (Phi) is 42.9. The van der Waals surface area contributed by atoms with Gasteiger partial charge in [-0.05, 0) is 204 Å². The molecule has 3 aromatic carbocycles. The number of nitrogens with zero attached hydrogens (tertiary/aromatic N) is 4. The van der Waals surface area contributed by atoms with Crippen LogP contribution in [0.1, 0.15) is 257 Å². The van der Waals surface area contributed by atoms with Crippen molar-refractivity contribution >= 4 is 76.0 Å². The molecular weight excluding hydrogens is 1670 g/mol. The molecule has 130 heavy (non-hydrogen) atoms. The predicted octanol–water partition coefficient (Wildman–Crippen LogP) is 14.9. The van der Waals surface area contributed by atoms with Gasteiger partial charge < -0.3 is 71.1 Å². The molecule has 0 spiro atoms. The number of alkyl carbamates (subject to hydrolysis) is 3. The van der Waals surface area contributed by atoms with E-state index in [4.69, 9.17) is 18.9 Å². The molecule has 29 heteroatoms. The van der Waals surface area contributed by atoms with Crippen molar-refractivity contribution in [3.63, 3.8) is 0 Å². The summed E-state index contributed by atoms with van der Waals surface area (Å²) in [5.41, 5.74) is 0.320. The number of rotatable bonds is 47. The Morgan fingerprint density at radius 3 is 1.48 bits per heavy atom. The average molecular weight is 1830 g/mol. The molecule has 5 fully saturated rings. The third kappa shape index (κ3) is 35.3. The van der Waals surface area contributed by atoms with E-state index in [0.717, 1.165) is 23.1 Å². The smallest absolute Gasteiger partial charge is 0.407 e. The Morgan fingerprint density at radius 1 is 0.538 bits per heavy atom. The number of carbonyl (C=O) groups is 11. The number of Topliss-reactive ketones (excluding diaryl/α,β-unsaturated/α-hetero) is 3. The second kappa shape index (κ2) is 51.5. The SMILES string of the molecule is CC(C)C[C@@H](/C=C/CC(=O)N1CCC[C@H]1C(=O)C[C@H](C(=O)N[C@@H](CCCNC(=O)OCc1ccccc1)C(=O)NC1CC(C)(C)N(O)C(C)(C)C1)C(C)C)NC(=O)OCCS(=O)CC1(C)COC1.CC(C)C[C@H](C)/C=C/[C@H](Cc1ccccc1)C(=O)N1CCC[C@H]1C(=O)C[C@@H](C(=O)N[C@@H](CCCNC(=O)OCc1ccccc1)C(=O)CC1CC(C)(C)N(O)C(C)(C)C1)C(C)C. The summed E-state index contributed by atoms with van der Waals surface area (Å²) < 4.78 is 33.7. The maximum absolute atomic E-state index is 14.4. The lowest BCUT2D eigenvalue weighted by Crippen LogP contribution is -2.64. The molecule has 1 unspecified atom stereocenters. The van der Waals surface area contributed by atoms with Crippen molar-refractivity contribution in [2.24, 2.45) is 58.7 Å². The summed E-state index contributed by atoms with van der Waals surface area (Å²) in [7, 11) is -1.14. The largest absolute Gasteiger partial charge is 0.449 e. The van der Waals surface area contributed by atoms with Gasteiger partial charge in [-0.25, -0.2) is 14.4 Å². The summed E-state index contributed by atoms with van der Waals surface area (Å²) in [6.45, 7) is 38.3.